The second-order valence-electron chi connectivity index (χ2n) is 4.25. The minimum Gasteiger partial charge on any atom is -0.464 e. The number of fused-ring (bicyclic) bond motifs is 1. The number of hydrogen-bond acceptors (Lipinski definition) is 5. The number of nitrogens with one attached hydrogen (secondary N) is 1. The monoisotopic (exact) mass is 327 g/mol. The molecule has 1 N–H and O–H groups in total. The highest BCUT2D eigenvalue weighted by Crippen LogP contribution is 2.35. The van der Waals surface area contributed by atoms with Crippen LogP contribution in [-0.2, 0) is 13.0 Å². The first-order valence-corrected chi connectivity index (χ1v) is 7.59. The van der Waals surface area contributed by atoms with Crippen LogP contribution in [0, 0.1) is 0 Å². The molecule has 0 saturated heterocycles. The number of anilines is 1. The van der Waals surface area contributed by atoms with Crippen LogP contribution in [0.4, 0.5) is 5.69 Å². The molecule has 0 spiro atoms. The Morgan fingerprint density at radius 2 is 1.90 bits per heavy atom. The fourth-order valence-corrected chi connectivity index (χ4v) is 3.10. The first-order valence-electron chi connectivity index (χ1n) is 6.10. The smallest absolute Gasteiger partial charge is 0.130 e. The van der Waals surface area contributed by atoms with E-state index in [2.05, 4.69) is 21.0 Å². The molecule has 7 heteroatoms. The summed E-state index contributed by atoms with van der Waals surface area (Å²) in [6.07, 6.45) is 0.877. The highest BCUT2D eigenvalue weighted by molar-refractivity contribution is 7.00. The van der Waals surface area contributed by atoms with Crippen LogP contribution >= 0.6 is 34.9 Å². The van der Waals surface area contributed by atoms with Gasteiger partial charge in [0, 0.05) is 6.42 Å². The summed E-state index contributed by atoms with van der Waals surface area (Å²) in [6.45, 7) is 2.59. The third-order valence-electron chi connectivity index (χ3n) is 2.95. The van der Waals surface area contributed by atoms with Crippen LogP contribution in [0.15, 0.2) is 22.6 Å². The van der Waals surface area contributed by atoms with Crippen molar-refractivity contribution in [2.75, 3.05) is 5.32 Å². The molecular formula is C13H11Cl2N3OS. The Hall–Kier alpha value is -1.30. The zero-order valence-electron chi connectivity index (χ0n) is 10.6. The Bertz CT molecular complexity index is 753. The summed E-state index contributed by atoms with van der Waals surface area (Å²) >= 11 is 13.4. The number of nitrogens with zero attached hydrogens (tertiary/aromatic N) is 2. The Kier molecular flexibility index (Phi) is 3.83. The highest BCUT2D eigenvalue weighted by atomic mass is 35.5. The number of aryl methyl sites for hydroxylation is 1. The number of rotatable bonds is 4. The molecule has 0 fully saturated rings. The van der Waals surface area contributed by atoms with Crippen molar-refractivity contribution in [1.29, 1.82) is 0 Å². The van der Waals surface area contributed by atoms with E-state index in [1.807, 2.05) is 12.1 Å². The molecule has 0 aliphatic rings. The predicted molar refractivity (Wildman–Crippen MR) is 82.8 cm³/mol. The van der Waals surface area contributed by atoms with Crippen molar-refractivity contribution in [3.63, 3.8) is 0 Å². The maximum Gasteiger partial charge on any atom is 0.130 e. The molecule has 3 rings (SSSR count). The molecule has 0 saturated carbocycles. The van der Waals surface area contributed by atoms with E-state index < -0.39 is 0 Å². The molecule has 0 aliphatic carbocycles. The number of halogens is 2. The lowest BCUT2D eigenvalue weighted by Crippen LogP contribution is -2.00. The summed E-state index contributed by atoms with van der Waals surface area (Å²) < 4.78 is 14.1. The molecule has 4 nitrogen and oxygen atoms in total. The third kappa shape index (κ3) is 2.49. The molecule has 0 aliphatic heterocycles. The maximum atomic E-state index is 6.22. The molecule has 0 radical (unpaired) electrons. The quantitative estimate of drug-likeness (QED) is 0.750. The standard InChI is InChI=1S/C13H11Cl2N3OS/c1-2-7-3-4-8(19-7)6-16-11-9(14)5-10(15)12-13(11)18-20-17-12/h3-5,16H,2,6H2,1H3. The minimum absolute atomic E-state index is 0.510. The molecule has 0 amide bonds. The van der Waals surface area contributed by atoms with Crippen LogP contribution in [0.3, 0.4) is 0 Å². The van der Waals surface area contributed by atoms with E-state index >= 15 is 0 Å². The third-order valence-corrected chi connectivity index (χ3v) is 4.06. The fraction of sp³-hybridized carbons (Fsp3) is 0.231. The fourth-order valence-electron chi connectivity index (χ4n) is 1.93. The number of hydrogen-bond donors (Lipinski definition) is 1. The Morgan fingerprint density at radius 1 is 1.15 bits per heavy atom. The Balaban J connectivity index is 1.89. The van der Waals surface area contributed by atoms with Gasteiger partial charge in [-0.25, -0.2) is 0 Å². The number of benzene rings is 1. The van der Waals surface area contributed by atoms with Crippen LogP contribution in [0.25, 0.3) is 11.0 Å². The van der Waals surface area contributed by atoms with E-state index in [9.17, 15) is 0 Å². The Labute approximate surface area is 130 Å². The van der Waals surface area contributed by atoms with Crippen LogP contribution in [-0.4, -0.2) is 8.75 Å². The maximum absolute atomic E-state index is 6.22. The normalized spacial score (nSPS) is 11.2. The summed E-state index contributed by atoms with van der Waals surface area (Å²) in [6, 6.07) is 5.60. The average Bonchev–Trinajstić information content (AvgIpc) is 3.06. The largest absolute Gasteiger partial charge is 0.464 e. The molecule has 0 bridgehead atoms. The van der Waals surface area contributed by atoms with Crippen LogP contribution in [0.5, 0.6) is 0 Å². The van der Waals surface area contributed by atoms with E-state index in [0.29, 0.717) is 27.6 Å². The van der Waals surface area contributed by atoms with Gasteiger partial charge in [0.2, 0.25) is 0 Å². The van der Waals surface area contributed by atoms with Gasteiger partial charge in [0.05, 0.1) is 34.0 Å². The predicted octanol–water partition coefficient (Wildman–Crippen LogP) is 4.77. The van der Waals surface area contributed by atoms with Crippen molar-refractivity contribution in [2.24, 2.45) is 0 Å². The SMILES string of the molecule is CCc1ccc(CNc2c(Cl)cc(Cl)c3nsnc23)o1. The van der Waals surface area contributed by atoms with Gasteiger partial charge >= 0.3 is 0 Å². The summed E-state index contributed by atoms with van der Waals surface area (Å²) in [5.74, 6) is 1.81. The first kappa shape index (κ1) is 13.7. The van der Waals surface area contributed by atoms with Gasteiger partial charge in [-0.2, -0.15) is 8.75 Å². The molecule has 3 aromatic rings. The van der Waals surface area contributed by atoms with Gasteiger partial charge in [0.15, 0.2) is 0 Å². The average molecular weight is 328 g/mol. The van der Waals surface area contributed by atoms with E-state index in [-0.39, 0.29) is 0 Å². The molecular weight excluding hydrogens is 317 g/mol. The van der Waals surface area contributed by atoms with Crippen molar-refractivity contribution < 1.29 is 4.42 Å². The minimum atomic E-state index is 0.510. The van der Waals surface area contributed by atoms with Crippen molar-refractivity contribution >= 4 is 51.7 Å². The van der Waals surface area contributed by atoms with Crippen molar-refractivity contribution in [3.05, 3.63) is 39.8 Å². The lowest BCUT2D eigenvalue weighted by molar-refractivity contribution is 0.476. The molecule has 1 aromatic carbocycles. The zero-order chi connectivity index (χ0) is 14.1. The van der Waals surface area contributed by atoms with E-state index in [0.717, 1.165) is 35.4 Å². The lowest BCUT2D eigenvalue weighted by Gasteiger charge is -2.08. The lowest BCUT2D eigenvalue weighted by atomic mass is 10.2. The topological polar surface area (TPSA) is 51.0 Å². The number of aromatic nitrogens is 2. The van der Waals surface area contributed by atoms with Gasteiger partial charge in [-0.3, -0.25) is 0 Å². The molecule has 20 heavy (non-hydrogen) atoms. The van der Waals surface area contributed by atoms with E-state index in [1.54, 1.807) is 6.07 Å². The van der Waals surface area contributed by atoms with Gasteiger partial charge in [-0.1, -0.05) is 30.1 Å². The van der Waals surface area contributed by atoms with Crippen LogP contribution < -0.4 is 5.32 Å². The molecule has 104 valence electrons. The van der Waals surface area contributed by atoms with Gasteiger partial charge in [-0.15, -0.1) is 0 Å². The van der Waals surface area contributed by atoms with E-state index in [1.165, 1.54) is 0 Å². The van der Waals surface area contributed by atoms with Crippen molar-refractivity contribution in [1.82, 2.24) is 8.75 Å². The summed E-state index contributed by atoms with van der Waals surface area (Å²) in [5, 5.41) is 4.28. The molecule has 0 atom stereocenters. The van der Waals surface area contributed by atoms with Gasteiger partial charge in [-0.05, 0) is 18.2 Å². The summed E-state index contributed by atoms with van der Waals surface area (Å²) in [4.78, 5) is 0. The van der Waals surface area contributed by atoms with Gasteiger partial charge in [0.1, 0.15) is 22.6 Å². The van der Waals surface area contributed by atoms with E-state index in [4.69, 9.17) is 27.6 Å². The van der Waals surface area contributed by atoms with Gasteiger partial charge < -0.3 is 9.73 Å². The first-order chi connectivity index (χ1) is 9.69. The van der Waals surface area contributed by atoms with Crippen LogP contribution in [0.1, 0.15) is 18.4 Å². The molecule has 2 heterocycles. The number of furan rings is 1. The summed E-state index contributed by atoms with van der Waals surface area (Å²) in [7, 11) is 0. The second kappa shape index (κ2) is 5.60. The molecule has 0 unspecified atom stereocenters. The second-order valence-corrected chi connectivity index (χ2v) is 5.59. The highest BCUT2D eigenvalue weighted by Gasteiger charge is 2.14. The zero-order valence-corrected chi connectivity index (χ0v) is 12.9. The summed E-state index contributed by atoms with van der Waals surface area (Å²) in [5.41, 5.74) is 2.08. The van der Waals surface area contributed by atoms with Crippen molar-refractivity contribution in [2.45, 2.75) is 19.9 Å². The Morgan fingerprint density at radius 3 is 2.65 bits per heavy atom. The molecule has 2 aromatic heterocycles. The van der Waals surface area contributed by atoms with Crippen LogP contribution in [0.2, 0.25) is 10.0 Å². The van der Waals surface area contributed by atoms with Crippen molar-refractivity contribution in [3.8, 4) is 0 Å². The van der Waals surface area contributed by atoms with Gasteiger partial charge in [0.25, 0.3) is 0 Å².